The van der Waals surface area contributed by atoms with Crippen LogP contribution in [0.4, 0.5) is 0 Å². The standard InChI is InChI=1S/C18H24N2O3/c1-5-20-12(2)9-16(13(20)3)18(22)19-11-17(21)14-7-6-8-15(10-14)23-4/h6-10,17,21H,5,11H2,1-4H3,(H,19,22). The van der Waals surface area contributed by atoms with E-state index >= 15 is 0 Å². The van der Waals surface area contributed by atoms with E-state index in [-0.39, 0.29) is 12.5 Å². The molecule has 1 unspecified atom stereocenters. The van der Waals surface area contributed by atoms with Crippen molar-refractivity contribution in [3.05, 3.63) is 52.8 Å². The summed E-state index contributed by atoms with van der Waals surface area (Å²) in [4.78, 5) is 12.3. The minimum atomic E-state index is -0.774. The second kappa shape index (κ2) is 7.33. The second-order valence-corrected chi connectivity index (χ2v) is 5.53. The molecule has 0 saturated heterocycles. The first-order chi connectivity index (χ1) is 11.0. The Morgan fingerprint density at radius 1 is 1.35 bits per heavy atom. The third kappa shape index (κ3) is 3.74. The fourth-order valence-electron chi connectivity index (χ4n) is 2.77. The van der Waals surface area contributed by atoms with Gasteiger partial charge in [0.05, 0.1) is 18.8 Å². The van der Waals surface area contributed by atoms with Crippen molar-refractivity contribution in [3.63, 3.8) is 0 Å². The lowest BCUT2D eigenvalue weighted by molar-refractivity contribution is 0.0915. The zero-order valence-electron chi connectivity index (χ0n) is 14.1. The van der Waals surface area contributed by atoms with E-state index in [1.54, 1.807) is 13.2 Å². The summed E-state index contributed by atoms with van der Waals surface area (Å²) >= 11 is 0. The molecule has 0 fully saturated rings. The van der Waals surface area contributed by atoms with Gasteiger partial charge >= 0.3 is 0 Å². The highest BCUT2D eigenvalue weighted by Gasteiger charge is 2.16. The van der Waals surface area contributed by atoms with E-state index in [1.807, 2.05) is 45.0 Å². The van der Waals surface area contributed by atoms with Crippen LogP contribution < -0.4 is 10.1 Å². The van der Waals surface area contributed by atoms with Crippen molar-refractivity contribution in [1.82, 2.24) is 9.88 Å². The van der Waals surface area contributed by atoms with Gasteiger partial charge in [-0.2, -0.15) is 0 Å². The minimum absolute atomic E-state index is 0.155. The number of ether oxygens (including phenoxy) is 1. The van der Waals surface area contributed by atoms with Crippen molar-refractivity contribution < 1.29 is 14.6 Å². The molecule has 0 spiro atoms. The molecule has 1 aromatic carbocycles. The molecule has 0 radical (unpaired) electrons. The average Bonchev–Trinajstić information content (AvgIpc) is 2.86. The molecule has 0 aliphatic rings. The predicted octanol–water partition coefficient (Wildman–Crippen LogP) is 2.60. The number of hydrogen-bond donors (Lipinski definition) is 2. The molecule has 0 aliphatic carbocycles. The molecule has 0 saturated carbocycles. The van der Waals surface area contributed by atoms with Crippen LogP contribution in [0, 0.1) is 13.8 Å². The molecule has 1 heterocycles. The number of aliphatic hydroxyl groups excluding tert-OH is 1. The van der Waals surface area contributed by atoms with Gasteiger partial charge in [0.1, 0.15) is 5.75 Å². The average molecular weight is 316 g/mol. The number of aliphatic hydroxyl groups is 1. The number of hydrogen-bond acceptors (Lipinski definition) is 3. The number of nitrogens with zero attached hydrogens (tertiary/aromatic N) is 1. The summed E-state index contributed by atoms with van der Waals surface area (Å²) in [6, 6.07) is 9.08. The van der Waals surface area contributed by atoms with E-state index in [0.29, 0.717) is 16.9 Å². The van der Waals surface area contributed by atoms with Crippen molar-refractivity contribution in [2.45, 2.75) is 33.4 Å². The van der Waals surface area contributed by atoms with Crippen molar-refractivity contribution in [2.75, 3.05) is 13.7 Å². The van der Waals surface area contributed by atoms with E-state index in [9.17, 15) is 9.90 Å². The molecule has 0 bridgehead atoms. The van der Waals surface area contributed by atoms with Gasteiger partial charge in [0, 0.05) is 24.5 Å². The van der Waals surface area contributed by atoms with Crippen LogP contribution in [0.5, 0.6) is 5.75 Å². The number of carbonyl (C=O) groups excluding carboxylic acids is 1. The smallest absolute Gasteiger partial charge is 0.253 e. The van der Waals surface area contributed by atoms with Gasteiger partial charge in [-0.1, -0.05) is 12.1 Å². The lowest BCUT2D eigenvalue weighted by Crippen LogP contribution is -2.28. The summed E-state index contributed by atoms with van der Waals surface area (Å²) in [6.45, 7) is 6.95. The van der Waals surface area contributed by atoms with Crippen LogP contribution in [0.3, 0.4) is 0 Å². The Bertz CT molecular complexity index is 692. The molecule has 2 aromatic rings. The Hall–Kier alpha value is -2.27. The number of methoxy groups -OCH3 is 1. The zero-order valence-corrected chi connectivity index (χ0v) is 14.1. The summed E-state index contributed by atoms with van der Waals surface area (Å²) in [7, 11) is 1.58. The third-order valence-corrected chi connectivity index (χ3v) is 4.07. The van der Waals surface area contributed by atoms with Gasteiger partial charge in [0.2, 0.25) is 0 Å². The molecule has 5 nitrogen and oxygen atoms in total. The van der Waals surface area contributed by atoms with Crippen LogP contribution in [0.15, 0.2) is 30.3 Å². The molecule has 1 atom stereocenters. The molecule has 5 heteroatoms. The fourth-order valence-corrected chi connectivity index (χ4v) is 2.77. The van der Waals surface area contributed by atoms with Gasteiger partial charge in [-0.15, -0.1) is 0 Å². The van der Waals surface area contributed by atoms with Crippen molar-refractivity contribution in [1.29, 1.82) is 0 Å². The maximum atomic E-state index is 12.3. The monoisotopic (exact) mass is 316 g/mol. The number of carbonyl (C=O) groups is 1. The Kier molecular flexibility index (Phi) is 5.45. The Labute approximate surface area is 136 Å². The highest BCUT2D eigenvalue weighted by molar-refractivity contribution is 5.95. The normalized spacial score (nSPS) is 12.0. The number of nitrogens with one attached hydrogen (secondary N) is 1. The van der Waals surface area contributed by atoms with Crippen LogP contribution in [-0.2, 0) is 6.54 Å². The number of aromatic nitrogens is 1. The summed E-state index contributed by atoms with van der Waals surface area (Å²) in [5.74, 6) is 0.513. The first-order valence-corrected chi connectivity index (χ1v) is 7.74. The second-order valence-electron chi connectivity index (χ2n) is 5.53. The van der Waals surface area contributed by atoms with Gasteiger partial charge in [0.25, 0.3) is 5.91 Å². The lowest BCUT2D eigenvalue weighted by Gasteiger charge is -2.13. The van der Waals surface area contributed by atoms with Crippen LogP contribution >= 0.6 is 0 Å². The molecule has 23 heavy (non-hydrogen) atoms. The minimum Gasteiger partial charge on any atom is -0.497 e. The quantitative estimate of drug-likeness (QED) is 0.861. The Morgan fingerprint density at radius 2 is 2.09 bits per heavy atom. The summed E-state index contributed by atoms with van der Waals surface area (Å²) < 4.78 is 7.23. The van der Waals surface area contributed by atoms with Crippen LogP contribution in [-0.4, -0.2) is 29.2 Å². The van der Waals surface area contributed by atoms with Crippen molar-refractivity contribution >= 4 is 5.91 Å². The molecule has 0 aliphatic heterocycles. The molecule has 124 valence electrons. The fraction of sp³-hybridized carbons (Fsp3) is 0.389. The van der Waals surface area contributed by atoms with Gasteiger partial charge in [-0.05, 0) is 44.5 Å². The van der Waals surface area contributed by atoms with Crippen molar-refractivity contribution in [2.24, 2.45) is 0 Å². The van der Waals surface area contributed by atoms with Gasteiger partial charge in [-0.25, -0.2) is 0 Å². The maximum Gasteiger partial charge on any atom is 0.253 e. The summed E-state index contributed by atoms with van der Waals surface area (Å²) in [5, 5.41) is 13.0. The SMILES string of the molecule is CCn1c(C)cc(C(=O)NCC(O)c2cccc(OC)c2)c1C. The van der Waals surface area contributed by atoms with E-state index in [0.717, 1.165) is 17.9 Å². The first-order valence-electron chi connectivity index (χ1n) is 7.74. The largest absolute Gasteiger partial charge is 0.497 e. The van der Waals surface area contributed by atoms with Gasteiger partial charge in [0.15, 0.2) is 0 Å². The Morgan fingerprint density at radius 3 is 2.70 bits per heavy atom. The number of rotatable bonds is 6. The molecule has 1 aromatic heterocycles. The highest BCUT2D eigenvalue weighted by Crippen LogP contribution is 2.19. The number of aryl methyl sites for hydroxylation is 1. The lowest BCUT2D eigenvalue weighted by atomic mass is 10.1. The molecular formula is C18H24N2O3. The summed E-state index contributed by atoms with van der Waals surface area (Å²) in [5.41, 5.74) is 3.37. The third-order valence-electron chi connectivity index (χ3n) is 4.07. The predicted molar refractivity (Wildman–Crippen MR) is 89.9 cm³/mol. The molecule has 2 rings (SSSR count). The number of benzene rings is 1. The molecule has 1 amide bonds. The maximum absolute atomic E-state index is 12.3. The van der Waals surface area contributed by atoms with Crippen LogP contribution in [0.1, 0.15) is 40.3 Å². The Balaban J connectivity index is 2.04. The summed E-state index contributed by atoms with van der Waals surface area (Å²) in [6.07, 6.45) is -0.774. The van der Waals surface area contributed by atoms with Gasteiger partial charge in [-0.3, -0.25) is 4.79 Å². The van der Waals surface area contributed by atoms with E-state index in [4.69, 9.17) is 4.74 Å². The van der Waals surface area contributed by atoms with Crippen molar-refractivity contribution in [3.8, 4) is 5.75 Å². The molecule has 2 N–H and O–H groups in total. The van der Waals surface area contributed by atoms with Gasteiger partial charge < -0.3 is 19.7 Å². The topological polar surface area (TPSA) is 63.5 Å². The number of amides is 1. The van der Waals surface area contributed by atoms with Crippen LogP contribution in [0.2, 0.25) is 0 Å². The van der Waals surface area contributed by atoms with Crippen LogP contribution in [0.25, 0.3) is 0 Å². The zero-order chi connectivity index (χ0) is 17.0. The van der Waals surface area contributed by atoms with E-state index in [1.165, 1.54) is 0 Å². The highest BCUT2D eigenvalue weighted by atomic mass is 16.5. The molecular weight excluding hydrogens is 292 g/mol. The van der Waals surface area contributed by atoms with E-state index in [2.05, 4.69) is 9.88 Å². The van der Waals surface area contributed by atoms with E-state index < -0.39 is 6.10 Å². The first kappa shape index (κ1) is 17.1.